The van der Waals surface area contributed by atoms with Crippen molar-refractivity contribution in [3.8, 4) is 0 Å². The normalized spacial score (nSPS) is 54.3. The van der Waals surface area contributed by atoms with Gasteiger partial charge in [0.2, 0.25) is 0 Å². The lowest BCUT2D eigenvalue weighted by Gasteiger charge is -2.60. The number of ketones is 1. The fraction of sp³-hybridized carbons (Fsp3) is 0.975. The van der Waals surface area contributed by atoms with Crippen molar-refractivity contribution >= 4 is 5.78 Å². The number of ether oxygens (including phenoxy) is 6. The minimum atomic E-state index is -1.50. The van der Waals surface area contributed by atoms with Gasteiger partial charge in [-0.05, 0) is 80.0 Å². The fourth-order valence-electron chi connectivity index (χ4n) is 12.7. The third-order valence-electron chi connectivity index (χ3n) is 16.1. The molecule has 7 rings (SSSR count). The van der Waals surface area contributed by atoms with Crippen LogP contribution in [0.2, 0.25) is 0 Å². The summed E-state index contributed by atoms with van der Waals surface area (Å²) in [6.45, 7) is 7.87. The number of hydrogen-bond acceptors (Lipinski definition) is 15. The molecule has 8 N–H and O–H groups in total. The number of carbonyl (C=O) groups excluding carboxylic acids is 1. The van der Waals surface area contributed by atoms with Crippen LogP contribution in [0.1, 0.15) is 85.5 Å². The van der Waals surface area contributed by atoms with E-state index in [1.54, 1.807) is 7.11 Å². The minimum absolute atomic E-state index is 0.00957. The van der Waals surface area contributed by atoms with Crippen LogP contribution in [0, 0.1) is 52.3 Å². The number of carbonyl (C=O) groups is 1. The maximum Gasteiger partial charge on any atom is 0.186 e. The van der Waals surface area contributed by atoms with Gasteiger partial charge in [0.15, 0.2) is 18.4 Å². The summed E-state index contributed by atoms with van der Waals surface area (Å²) in [6.07, 6.45) is -6.54. The van der Waals surface area contributed by atoms with E-state index in [4.69, 9.17) is 28.4 Å². The summed E-state index contributed by atoms with van der Waals surface area (Å²) in [5.74, 6) is 0.567. The first-order valence-corrected chi connectivity index (χ1v) is 20.7. The number of rotatable bonds is 11. The van der Waals surface area contributed by atoms with Gasteiger partial charge in [-0.25, -0.2) is 0 Å². The molecule has 3 heterocycles. The van der Waals surface area contributed by atoms with Gasteiger partial charge in [-0.2, -0.15) is 0 Å². The Morgan fingerprint density at radius 2 is 1.47 bits per heavy atom. The van der Waals surface area contributed by atoms with E-state index in [0.29, 0.717) is 36.9 Å². The highest BCUT2D eigenvalue weighted by Crippen LogP contribution is 2.70. The summed E-state index contributed by atoms with van der Waals surface area (Å²) in [5.41, 5.74) is -0.584. The maximum absolute atomic E-state index is 14.6. The first-order chi connectivity index (χ1) is 26.0. The monoisotopic (exact) mass is 786 g/mol. The smallest absolute Gasteiger partial charge is 0.186 e. The van der Waals surface area contributed by atoms with Gasteiger partial charge in [0.05, 0.1) is 32.0 Å². The third-order valence-corrected chi connectivity index (χ3v) is 16.1. The molecule has 0 unspecified atom stereocenters. The zero-order valence-electron chi connectivity index (χ0n) is 32.9. The lowest BCUT2D eigenvalue weighted by Crippen LogP contribution is -2.60. The van der Waals surface area contributed by atoms with Gasteiger partial charge in [0.1, 0.15) is 54.6 Å². The Bertz CT molecular complexity index is 1350. The van der Waals surface area contributed by atoms with Gasteiger partial charge < -0.3 is 69.3 Å². The van der Waals surface area contributed by atoms with E-state index in [1.807, 2.05) is 6.92 Å². The molecule has 0 spiro atoms. The quantitative estimate of drug-likeness (QED) is 0.131. The molecule has 15 heteroatoms. The highest BCUT2D eigenvalue weighted by molar-refractivity contribution is 5.87. The van der Waals surface area contributed by atoms with Crippen molar-refractivity contribution in [1.82, 2.24) is 0 Å². The van der Waals surface area contributed by atoms with Crippen LogP contribution in [-0.2, 0) is 33.2 Å². The molecule has 0 bridgehead atoms. The standard InChI is InChI=1S/C40H66O15/c1-18(17-51-36-34(48)32(46)30(44)26(15-41)53-36)8-11-40(50-5)19(2)29-25(55-40)13-24-22-7-6-20-12-21(52-37-35(49)33(47)31(45)27(16-42)54-37)9-10-38(20,3)23(22)14-28(43)39(24,29)4/h18-27,29-37,41-42,44-49H,6-17H2,1-5H3/t18-,19-,20+,21-,22+,23-,24-,25-,26+,27+,29-,30+,31+,32-,33-,34+,35+,36+,37+,38-,39+,40+/m0/s1. The van der Waals surface area contributed by atoms with Crippen LogP contribution in [0.3, 0.4) is 0 Å². The van der Waals surface area contributed by atoms with Gasteiger partial charge >= 0.3 is 0 Å². The first kappa shape index (κ1) is 42.2. The van der Waals surface area contributed by atoms with E-state index in [-0.39, 0.29) is 53.8 Å². The average Bonchev–Trinajstić information content (AvgIpc) is 3.63. The SMILES string of the molecule is CO[C@]1(CC[C@H](C)CO[C@@H]2O[C@H](CO)[C@@H](O)[C@H](O)[C@H]2O)O[C@H]2C[C@H]3[C@@H]4CC[C@@H]5C[C@@H](O[C@@H]6O[C@H](CO)[C@@H](O)[C@H](O)[C@H]6O)CC[C@]5(C)[C@H]4CC(=O)[C@]3(C)[C@H]2[C@@H]1C. The molecule has 55 heavy (non-hydrogen) atoms. The number of aliphatic hydroxyl groups is 8. The summed E-state index contributed by atoms with van der Waals surface area (Å²) < 4.78 is 36.3. The Kier molecular flexibility index (Phi) is 12.2. The molecule has 15 nitrogen and oxygen atoms in total. The predicted octanol–water partition coefficient (Wildman–Crippen LogP) is 0.230. The second kappa shape index (κ2) is 15.9. The lowest BCUT2D eigenvalue weighted by molar-refractivity contribution is -0.316. The summed E-state index contributed by atoms with van der Waals surface area (Å²) in [7, 11) is 1.67. The van der Waals surface area contributed by atoms with Crippen molar-refractivity contribution in [1.29, 1.82) is 0 Å². The van der Waals surface area contributed by atoms with Crippen LogP contribution in [0.4, 0.5) is 0 Å². The number of hydrogen-bond donors (Lipinski definition) is 8. The topological polar surface area (TPSA) is 234 Å². The van der Waals surface area contributed by atoms with Crippen molar-refractivity contribution < 1.29 is 74.1 Å². The van der Waals surface area contributed by atoms with Crippen molar-refractivity contribution in [3.05, 3.63) is 0 Å². The summed E-state index contributed by atoms with van der Waals surface area (Å²) in [5, 5.41) is 80.8. The highest BCUT2D eigenvalue weighted by atomic mass is 16.7. The molecule has 0 aromatic rings. The molecule has 22 atom stereocenters. The Balaban J connectivity index is 0.969. The molecular formula is C40H66O15. The van der Waals surface area contributed by atoms with E-state index in [0.717, 1.165) is 38.5 Å². The van der Waals surface area contributed by atoms with E-state index < -0.39 is 85.8 Å². The molecule has 7 aliphatic rings. The first-order valence-electron chi connectivity index (χ1n) is 20.7. The average molecular weight is 787 g/mol. The molecule has 3 saturated heterocycles. The second-order valence-corrected chi connectivity index (χ2v) is 18.7. The fourth-order valence-corrected chi connectivity index (χ4v) is 12.7. The third kappa shape index (κ3) is 6.97. The lowest BCUT2D eigenvalue weighted by atomic mass is 9.44. The number of methoxy groups -OCH3 is 1. The second-order valence-electron chi connectivity index (χ2n) is 18.7. The van der Waals surface area contributed by atoms with Crippen LogP contribution < -0.4 is 0 Å². The van der Waals surface area contributed by atoms with Gasteiger partial charge in [0.25, 0.3) is 0 Å². The predicted molar refractivity (Wildman–Crippen MR) is 192 cm³/mol. The molecule has 0 aromatic heterocycles. The zero-order valence-corrected chi connectivity index (χ0v) is 32.9. The Morgan fingerprint density at radius 3 is 2.11 bits per heavy atom. The largest absolute Gasteiger partial charge is 0.394 e. The van der Waals surface area contributed by atoms with Crippen molar-refractivity contribution in [2.45, 2.75) is 165 Å². The van der Waals surface area contributed by atoms with Crippen molar-refractivity contribution in [2.75, 3.05) is 26.9 Å². The van der Waals surface area contributed by atoms with E-state index >= 15 is 0 Å². The van der Waals surface area contributed by atoms with Gasteiger partial charge in [0, 0.05) is 37.2 Å². The summed E-state index contributed by atoms with van der Waals surface area (Å²) in [6, 6.07) is 0. The van der Waals surface area contributed by atoms with E-state index in [9.17, 15) is 45.6 Å². The molecule has 7 fully saturated rings. The number of Topliss-reactive ketones (excluding diaryl/α,β-unsaturated/α-hetero) is 1. The Labute approximate surface area is 323 Å². The van der Waals surface area contributed by atoms with Crippen LogP contribution in [-0.4, -0.2) is 153 Å². The van der Waals surface area contributed by atoms with Crippen molar-refractivity contribution in [3.63, 3.8) is 0 Å². The molecule has 316 valence electrons. The van der Waals surface area contributed by atoms with Crippen LogP contribution in [0.5, 0.6) is 0 Å². The minimum Gasteiger partial charge on any atom is -0.394 e. The van der Waals surface area contributed by atoms with Gasteiger partial charge in [-0.15, -0.1) is 0 Å². The van der Waals surface area contributed by atoms with Gasteiger partial charge in [-0.3, -0.25) is 4.79 Å². The Morgan fingerprint density at radius 1 is 0.836 bits per heavy atom. The zero-order chi connectivity index (χ0) is 39.8. The molecular weight excluding hydrogens is 720 g/mol. The van der Waals surface area contributed by atoms with E-state index in [1.165, 1.54) is 0 Å². The molecule has 0 radical (unpaired) electrons. The highest BCUT2D eigenvalue weighted by Gasteiger charge is 2.71. The molecule has 4 aliphatic carbocycles. The molecule has 3 aliphatic heterocycles. The Hall–Kier alpha value is -0.890. The molecule has 0 amide bonds. The van der Waals surface area contributed by atoms with Crippen LogP contribution >= 0.6 is 0 Å². The van der Waals surface area contributed by atoms with Crippen LogP contribution in [0.15, 0.2) is 0 Å². The van der Waals surface area contributed by atoms with Crippen LogP contribution in [0.25, 0.3) is 0 Å². The number of fused-ring (bicyclic) bond motifs is 7. The van der Waals surface area contributed by atoms with Gasteiger partial charge in [-0.1, -0.05) is 27.7 Å². The molecule has 0 aromatic carbocycles. The summed E-state index contributed by atoms with van der Waals surface area (Å²) in [4.78, 5) is 14.6. The summed E-state index contributed by atoms with van der Waals surface area (Å²) >= 11 is 0. The molecule has 4 saturated carbocycles. The van der Waals surface area contributed by atoms with E-state index in [2.05, 4.69) is 20.8 Å². The van der Waals surface area contributed by atoms with Crippen molar-refractivity contribution in [2.24, 2.45) is 52.3 Å². The number of aliphatic hydroxyl groups excluding tert-OH is 8. The maximum atomic E-state index is 14.6.